The van der Waals surface area contributed by atoms with Gasteiger partial charge in [0, 0.05) is 0 Å². The second kappa shape index (κ2) is 6.60. The molecule has 0 spiro atoms. The zero-order valence-corrected chi connectivity index (χ0v) is 10.8. The van der Waals surface area contributed by atoms with Gasteiger partial charge in [-0.05, 0) is 35.9 Å². The Hall–Kier alpha value is -2.51. The van der Waals surface area contributed by atoms with Crippen molar-refractivity contribution in [3.8, 4) is 23.3 Å². The second-order valence-corrected chi connectivity index (χ2v) is 4.10. The van der Waals surface area contributed by atoms with Gasteiger partial charge in [0.1, 0.15) is 23.9 Å². The maximum Gasteiger partial charge on any atom is 0.135 e. The Morgan fingerprint density at radius 1 is 1.20 bits per heavy atom. The van der Waals surface area contributed by atoms with E-state index in [-0.39, 0.29) is 24.7 Å². The molecule has 4 heteroatoms. The van der Waals surface area contributed by atoms with E-state index < -0.39 is 0 Å². The quantitative estimate of drug-likeness (QED) is 0.843. The molecule has 0 saturated heterocycles. The summed E-state index contributed by atoms with van der Waals surface area (Å²) in [7, 11) is 0. The monoisotopic (exact) mass is 271 g/mol. The number of ether oxygens (including phenoxy) is 1. The van der Waals surface area contributed by atoms with Gasteiger partial charge in [-0.1, -0.05) is 24.0 Å². The topological polar surface area (TPSA) is 55.5 Å². The van der Waals surface area contributed by atoms with Crippen molar-refractivity contribution in [2.75, 3.05) is 6.54 Å². The van der Waals surface area contributed by atoms with E-state index in [2.05, 4.69) is 11.8 Å². The van der Waals surface area contributed by atoms with Crippen LogP contribution in [0.2, 0.25) is 0 Å². The Balaban J connectivity index is 2.16. The minimum atomic E-state index is -0.379. The molecule has 0 aromatic heterocycles. The maximum atomic E-state index is 13.2. The van der Waals surface area contributed by atoms with Gasteiger partial charge in [0.2, 0.25) is 0 Å². The zero-order valence-electron chi connectivity index (χ0n) is 10.8. The normalized spacial score (nSPS) is 9.70. The van der Waals surface area contributed by atoms with Crippen LogP contribution in [0.25, 0.3) is 0 Å². The molecule has 20 heavy (non-hydrogen) atoms. The van der Waals surface area contributed by atoms with Gasteiger partial charge in [-0.25, -0.2) is 4.39 Å². The van der Waals surface area contributed by atoms with Crippen molar-refractivity contribution in [3.63, 3.8) is 0 Å². The van der Waals surface area contributed by atoms with Crippen LogP contribution in [-0.4, -0.2) is 11.7 Å². The van der Waals surface area contributed by atoms with Crippen LogP contribution in [-0.2, 0) is 6.61 Å². The molecule has 0 amide bonds. The summed E-state index contributed by atoms with van der Waals surface area (Å²) in [5, 5.41) is 9.38. The highest BCUT2D eigenvalue weighted by atomic mass is 19.1. The number of nitrogens with two attached hydrogens (primary N) is 1. The van der Waals surface area contributed by atoms with E-state index in [1.54, 1.807) is 18.2 Å². The van der Waals surface area contributed by atoms with E-state index in [1.165, 1.54) is 18.2 Å². The van der Waals surface area contributed by atoms with Gasteiger partial charge >= 0.3 is 0 Å². The average Bonchev–Trinajstić information content (AvgIpc) is 2.44. The Kier molecular flexibility index (Phi) is 4.59. The van der Waals surface area contributed by atoms with Gasteiger partial charge in [-0.15, -0.1) is 0 Å². The molecule has 0 bridgehead atoms. The summed E-state index contributed by atoms with van der Waals surface area (Å²) in [6, 6.07) is 10.9. The summed E-state index contributed by atoms with van der Waals surface area (Å²) in [6.45, 7) is 0.458. The molecular weight excluding hydrogens is 257 g/mol. The fourth-order valence-electron chi connectivity index (χ4n) is 1.68. The first-order chi connectivity index (χ1) is 9.69. The molecule has 0 unspecified atom stereocenters. The van der Waals surface area contributed by atoms with Gasteiger partial charge in [-0.2, -0.15) is 0 Å². The molecule has 2 aromatic rings. The van der Waals surface area contributed by atoms with Crippen LogP contribution >= 0.6 is 0 Å². The fraction of sp³-hybridized carbons (Fsp3) is 0.125. The molecule has 3 N–H and O–H groups in total. The summed E-state index contributed by atoms with van der Waals surface area (Å²) in [5.74, 6) is 5.72. The largest absolute Gasteiger partial charge is 0.508 e. The number of benzene rings is 2. The molecule has 2 aromatic carbocycles. The van der Waals surface area contributed by atoms with Crippen molar-refractivity contribution in [1.82, 2.24) is 0 Å². The Morgan fingerprint density at radius 2 is 2.05 bits per heavy atom. The summed E-state index contributed by atoms with van der Waals surface area (Å²) < 4.78 is 18.8. The molecular formula is C16H14FNO2. The van der Waals surface area contributed by atoms with Gasteiger partial charge in [0.15, 0.2) is 0 Å². The van der Waals surface area contributed by atoms with Crippen LogP contribution in [0.3, 0.4) is 0 Å². The second-order valence-electron chi connectivity index (χ2n) is 4.10. The minimum Gasteiger partial charge on any atom is -0.508 e. The average molecular weight is 271 g/mol. The van der Waals surface area contributed by atoms with E-state index in [4.69, 9.17) is 10.5 Å². The third-order valence-electron chi connectivity index (χ3n) is 2.57. The number of phenolic OH excluding ortho intramolecular Hbond substituents is 1. The fourth-order valence-corrected chi connectivity index (χ4v) is 1.68. The first-order valence-corrected chi connectivity index (χ1v) is 6.08. The molecule has 3 nitrogen and oxygen atoms in total. The minimum absolute atomic E-state index is 0.174. The smallest absolute Gasteiger partial charge is 0.135 e. The van der Waals surface area contributed by atoms with Gasteiger partial charge < -0.3 is 15.6 Å². The van der Waals surface area contributed by atoms with Crippen molar-refractivity contribution < 1.29 is 14.2 Å². The Labute approximate surface area is 116 Å². The SMILES string of the molecule is NCC#Cc1cc(F)ccc1OCc1cccc(O)c1. The van der Waals surface area contributed by atoms with Gasteiger partial charge in [0.05, 0.1) is 12.1 Å². The number of halogens is 1. The maximum absolute atomic E-state index is 13.2. The molecule has 0 fully saturated rings. The Bertz CT molecular complexity index is 659. The first kappa shape index (κ1) is 13.9. The lowest BCUT2D eigenvalue weighted by Gasteiger charge is -2.08. The molecule has 0 saturated carbocycles. The van der Waals surface area contributed by atoms with Gasteiger partial charge in [-0.3, -0.25) is 0 Å². The van der Waals surface area contributed by atoms with E-state index in [9.17, 15) is 9.50 Å². The van der Waals surface area contributed by atoms with Crippen LogP contribution in [0.4, 0.5) is 4.39 Å². The molecule has 102 valence electrons. The lowest BCUT2D eigenvalue weighted by atomic mass is 10.2. The number of rotatable bonds is 3. The van der Waals surface area contributed by atoms with Crippen molar-refractivity contribution in [2.24, 2.45) is 5.73 Å². The first-order valence-electron chi connectivity index (χ1n) is 6.08. The highest BCUT2D eigenvalue weighted by molar-refractivity contribution is 5.46. The predicted octanol–water partition coefficient (Wildman–Crippen LogP) is 2.42. The van der Waals surface area contributed by atoms with Crippen LogP contribution < -0.4 is 10.5 Å². The number of hydrogen-bond acceptors (Lipinski definition) is 3. The van der Waals surface area contributed by atoms with Crippen LogP contribution in [0.1, 0.15) is 11.1 Å². The summed E-state index contributed by atoms with van der Waals surface area (Å²) in [6.07, 6.45) is 0. The molecule has 0 atom stereocenters. The third kappa shape index (κ3) is 3.74. The van der Waals surface area contributed by atoms with E-state index in [1.807, 2.05) is 6.07 Å². The molecule has 0 aliphatic carbocycles. The van der Waals surface area contributed by atoms with Crippen LogP contribution in [0.15, 0.2) is 42.5 Å². The van der Waals surface area contributed by atoms with E-state index >= 15 is 0 Å². The summed E-state index contributed by atoms with van der Waals surface area (Å²) in [5.41, 5.74) is 6.58. The lowest BCUT2D eigenvalue weighted by Crippen LogP contribution is -1.98. The molecule has 0 aliphatic rings. The van der Waals surface area contributed by atoms with Crippen LogP contribution in [0.5, 0.6) is 11.5 Å². The molecule has 2 rings (SSSR count). The number of phenols is 1. The zero-order chi connectivity index (χ0) is 14.4. The van der Waals surface area contributed by atoms with Crippen LogP contribution in [0, 0.1) is 17.7 Å². The highest BCUT2D eigenvalue weighted by Gasteiger charge is 2.04. The molecule has 0 heterocycles. The molecule has 0 radical (unpaired) electrons. The van der Waals surface area contributed by atoms with Crippen molar-refractivity contribution in [1.29, 1.82) is 0 Å². The highest BCUT2D eigenvalue weighted by Crippen LogP contribution is 2.21. The van der Waals surface area contributed by atoms with Crippen molar-refractivity contribution in [2.45, 2.75) is 6.61 Å². The molecule has 0 aliphatic heterocycles. The van der Waals surface area contributed by atoms with Gasteiger partial charge in [0.25, 0.3) is 0 Å². The van der Waals surface area contributed by atoms with Crippen molar-refractivity contribution in [3.05, 3.63) is 59.4 Å². The standard InChI is InChI=1S/C16H14FNO2/c17-14-6-7-16(13(10-14)4-2-8-18)20-11-12-3-1-5-15(19)9-12/h1,3,5-7,9-10,19H,8,11,18H2. The predicted molar refractivity (Wildman–Crippen MR) is 74.8 cm³/mol. The summed E-state index contributed by atoms with van der Waals surface area (Å²) in [4.78, 5) is 0. The van der Waals surface area contributed by atoms with E-state index in [0.717, 1.165) is 5.56 Å². The Morgan fingerprint density at radius 3 is 2.80 bits per heavy atom. The van der Waals surface area contributed by atoms with E-state index in [0.29, 0.717) is 11.3 Å². The number of aromatic hydroxyl groups is 1. The van der Waals surface area contributed by atoms with Crippen molar-refractivity contribution >= 4 is 0 Å². The summed E-state index contributed by atoms with van der Waals surface area (Å²) >= 11 is 0. The lowest BCUT2D eigenvalue weighted by molar-refractivity contribution is 0.304. The number of hydrogen-bond donors (Lipinski definition) is 2. The third-order valence-corrected chi connectivity index (χ3v) is 2.57.